The molecule has 3 heteroatoms. The van der Waals surface area contributed by atoms with Crippen LogP contribution in [0.25, 0.3) is 0 Å². The molecule has 0 amide bonds. The van der Waals surface area contributed by atoms with E-state index in [0.29, 0.717) is 13.2 Å². The lowest BCUT2D eigenvalue weighted by atomic mass is 9.94. The summed E-state index contributed by atoms with van der Waals surface area (Å²) < 4.78 is 5.10. The molecule has 11 heavy (non-hydrogen) atoms. The van der Waals surface area contributed by atoms with E-state index in [4.69, 9.17) is 4.74 Å². The zero-order valence-corrected chi connectivity index (χ0v) is 6.49. The van der Waals surface area contributed by atoms with Gasteiger partial charge in [0.1, 0.15) is 0 Å². The Kier molecular flexibility index (Phi) is 1.67. The number of hydrogen-bond donors (Lipinski definition) is 2. The van der Waals surface area contributed by atoms with Gasteiger partial charge in [0.2, 0.25) is 0 Å². The molecule has 1 heterocycles. The maximum atomic E-state index is 9.63. The highest BCUT2D eigenvalue weighted by Gasteiger charge is 2.48. The fraction of sp³-hybridized carbons (Fsp3) is 1.00. The van der Waals surface area contributed by atoms with Crippen LogP contribution in [0, 0.1) is 11.8 Å². The van der Waals surface area contributed by atoms with Crippen LogP contribution in [0.1, 0.15) is 19.3 Å². The van der Waals surface area contributed by atoms with Gasteiger partial charge in [-0.25, -0.2) is 0 Å². The molecule has 0 radical (unpaired) electrons. The molecule has 1 saturated heterocycles. The monoisotopic (exact) mass is 158 g/mol. The zero-order chi connectivity index (χ0) is 7.90. The van der Waals surface area contributed by atoms with Crippen LogP contribution in [0.4, 0.5) is 0 Å². The average Bonchev–Trinajstić information content (AvgIpc) is 2.66. The number of hydrogen-bond acceptors (Lipinski definition) is 3. The van der Waals surface area contributed by atoms with Crippen molar-refractivity contribution in [1.29, 1.82) is 0 Å². The molecule has 2 fully saturated rings. The lowest BCUT2D eigenvalue weighted by Crippen LogP contribution is -2.40. The van der Waals surface area contributed by atoms with Gasteiger partial charge < -0.3 is 14.9 Å². The lowest BCUT2D eigenvalue weighted by molar-refractivity contribution is -0.214. The minimum Gasteiger partial charge on any atom is -0.381 e. The number of aliphatic hydroxyl groups is 2. The molecule has 1 unspecified atom stereocenters. The Morgan fingerprint density at radius 1 is 1.09 bits per heavy atom. The molecule has 1 atom stereocenters. The Balaban J connectivity index is 1.99. The SMILES string of the molecule is OC(O)(C1CC1)C1CCOC1. The van der Waals surface area contributed by atoms with Gasteiger partial charge in [0, 0.05) is 18.4 Å². The summed E-state index contributed by atoms with van der Waals surface area (Å²) in [6.07, 6.45) is 2.72. The summed E-state index contributed by atoms with van der Waals surface area (Å²) >= 11 is 0. The molecule has 0 aromatic heterocycles. The first-order valence-electron chi connectivity index (χ1n) is 4.23. The summed E-state index contributed by atoms with van der Waals surface area (Å²) in [5.41, 5.74) is 0. The van der Waals surface area contributed by atoms with E-state index in [1.165, 1.54) is 0 Å². The van der Waals surface area contributed by atoms with E-state index in [2.05, 4.69) is 0 Å². The normalized spacial score (nSPS) is 32.7. The van der Waals surface area contributed by atoms with Crippen molar-refractivity contribution in [2.24, 2.45) is 11.8 Å². The third kappa shape index (κ3) is 1.28. The maximum absolute atomic E-state index is 9.63. The first-order chi connectivity index (χ1) is 5.21. The van der Waals surface area contributed by atoms with Gasteiger partial charge in [-0.1, -0.05) is 0 Å². The van der Waals surface area contributed by atoms with Gasteiger partial charge in [0.15, 0.2) is 5.79 Å². The second-order valence-electron chi connectivity index (χ2n) is 3.62. The van der Waals surface area contributed by atoms with E-state index in [1.807, 2.05) is 0 Å². The van der Waals surface area contributed by atoms with Gasteiger partial charge >= 0.3 is 0 Å². The minimum absolute atomic E-state index is 0.0463. The molecule has 1 saturated carbocycles. The molecule has 0 aromatic carbocycles. The number of rotatable bonds is 2. The quantitative estimate of drug-likeness (QED) is 0.561. The van der Waals surface area contributed by atoms with E-state index in [0.717, 1.165) is 19.3 Å². The predicted molar refractivity (Wildman–Crippen MR) is 38.8 cm³/mol. The molecular formula is C8H14O3. The molecule has 1 aliphatic heterocycles. The first-order valence-corrected chi connectivity index (χ1v) is 4.23. The van der Waals surface area contributed by atoms with Crippen LogP contribution in [0.5, 0.6) is 0 Å². The van der Waals surface area contributed by atoms with Crippen LogP contribution in [-0.4, -0.2) is 29.2 Å². The third-order valence-corrected chi connectivity index (χ3v) is 2.71. The molecule has 0 bridgehead atoms. The average molecular weight is 158 g/mol. The maximum Gasteiger partial charge on any atom is 0.170 e. The second kappa shape index (κ2) is 2.44. The Labute approximate surface area is 66.0 Å². The van der Waals surface area contributed by atoms with Gasteiger partial charge in [-0.2, -0.15) is 0 Å². The van der Waals surface area contributed by atoms with Crippen molar-refractivity contribution in [3.63, 3.8) is 0 Å². The van der Waals surface area contributed by atoms with E-state index < -0.39 is 5.79 Å². The highest BCUT2D eigenvalue weighted by Crippen LogP contribution is 2.44. The summed E-state index contributed by atoms with van der Waals surface area (Å²) in [5.74, 6) is -1.36. The Morgan fingerprint density at radius 3 is 2.27 bits per heavy atom. The van der Waals surface area contributed by atoms with Gasteiger partial charge in [0.25, 0.3) is 0 Å². The van der Waals surface area contributed by atoms with E-state index in [-0.39, 0.29) is 11.8 Å². The van der Waals surface area contributed by atoms with Crippen LogP contribution < -0.4 is 0 Å². The Hall–Kier alpha value is -0.120. The lowest BCUT2D eigenvalue weighted by Gasteiger charge is -2.26. The molecule has 1 aliphatic carbocycles. The first kappa shape index (κ1) is 7.53. The Morgan fingerprint density at radius 2 is 1.82 bits per heavy atom. The topological polar surface area (TPSA) is 49.7 Å². The van der Waals surface area contributed by atoms with E-state index in [1.54, 1.807) is 0 Å². The Bertz CT molecular complexity index is 145. The molecule has 64 valence electrons. The zero-order valence-electron chi connectivity index (χ0n) is 6.49. The van der Waals surface area contributed by atoms with Crippen LogP contribution in [-0.2, 0) is 4.74 Å². The van der Waals surface area contributed by atoms with Gasteiger partial charge in [-0.15, -0.1) is 0 Å². The van der Waals surface area contributed by atoms with Crippen molar-refractivity contribution in [3.8, 4) is 0 Å². The molecule has 3 nitrogen and oxygen atoms in total. The van der Waals surface area contributed by atoms with Crippen molar-refractivity contribution < 1.29 is 14.9 Å². The fourth-order valence-corrected chi connectivity index (χ4v) is 1.71. The molecule has 0 aromatic rings. The van der Waals surface area contributed by atoms with Crippen LogP contribution in [0.15, 0.2) is 0 Å². The predicted octanol–water partition coefficient (Wildman–Crippen LogP) is 0.114. The van der Waals surface area contributed by atoms with Gasteiger partial charge in [0.05, 0.1) is 6.61 Å². The van der Waals surface area contributed by atoms with Crippen molar-refractivity contribution in [2.45, 2.75) is 25.0 Å². The smallest absolute Gasteiger partial charge is 0.170 e. The van der Waals surface area contributed by atoms with Crippen molar-refractivity contribution >= 4 is 0 Å². The van der Waals surface area contributed by atoms with Gasteiger partial charge in [-0.05, 0) is 19.3 Å². The van der Waals surface area contributed by atoms with E-state index >= 15 is 0 Å². The third-order valence-electron chi connectivity index (χ3n) is 2.71. The summed E-state index contributed by atoms with van der Waals surface area (Å²) in [6, 6.07) is 0. The van der Waals surface area contributed by atoms with E-state index in [9.17, 15) is 10.2 Å². The molecule has 2 rings (SSSR count). The molecule has 2 N–H and O–H groups in total. The van der Waals surface area contributed by atoms with Crippen LogP contribution in [0.2, 0.25) is 0 Å². The standard InChI is InChI=1S/C8H14O3/c9-8(10,6-1-2-6)7-3-4-11-5-7/h6-7,9-10H,1-5H2. The second-order valence-corrected chi connectivity index (χ2v) is 3.62. The highest BCUT2D eigenvalue weighted by molar-refractivity contribution is 4.92. The largest absolute Gasteiger partial charge is 0.381 e. The highest BCUT2D eigenvalue weighted by atomic mass is 16.5. The molecule has 0 spiro atoms. The molecule has 2 aliphatic rings. The minimum atomic E-state index is -1.43. The summed E-state index contributed by atoms with van der Waals surface area (Å²) in [4.78, 5) is 0. The van der Waals surface area contributed by atoms with Crippen molar-refractivity contribution in [3.05, 3.63) is 0 Å². The number of ether oxygens (including phenoxy) is 1. The summed E-state index contributed by atoms with van der Waals surface area (Å²) in [5, 5.41) is 19.3. The van der Waals surface area contributed by atoms with Crippen LogP contribution >= 0.6 is 0 Å². The summed E-state index contributed by atoms with van der Waals surface area (Å²) in [6.45, 7) is 1.20. The van der Waals surface area contributed by atoms with Crippen molar-refractivity contribution in [1.82, 2.24) is 0 Å². The summed E-state index contributed by atoms with van der Waals surface area (Å²) in [7, 11) is 0. The fourth-order valence-electron chi connectivity index (χ4n) is 1.71. The van der Waals surface area contributed by atoms with Crippen LogP contribution in [0.3, 0.4) is 0 Å². The molecular weight excluding hydrogens is 144 g/mol. The van der Waals surface area contributed by atoms with Crippen molar-refractivity contribution in [2.75, 3.05) is 13.2 Å². The van der Waals surface area contributed by atoms with Gasteiger partial charge in [-0.3, -0.25) is 0 Å².